The van der Waals surface area contributed by atoms with E-state index >= 15 is 0 Å². The molecule has 1 aromatic carbocycles. The Bertz CT molecular complexity index is 682. The molecule has 2 rings (SSSR count). The first kappa shape index (κ1) is 18.0. The molecule has 0 unspecified atom stereocenters. The Labute approximate surface area is 146 Å². The van der Waals surface area contributed by atoms with Crippen molar-refractivity contribution in [2.75, 3.05) is 11.9 Å². The molecule has 2 N–H and O–H groups in total. The van der Waals surface area contributed by atoms with Gasteiger partial charge in [0.25, 0.3) is 0 Å². The number of benzene rings is 1. The number of nitrogens with zero attached hydrogens (tertiary/aromatic N) is 2. The summed E-state index contributed by atoms with van der Waals surface area (Å²) in [5.41, 5.74) is 1.15. The van der Waals surface area contributed by atoms with Gasteiger partial charge >= 0.3 is 0 Å². The number of nitrogens with one attached hydrogen (secondary N) is 2. The highest BCUT2D eigenvalue weighted by Crippen LogP contribution is 2.12. The van der Waals surface area contributed by atoms with Crippen molar-refractivity contribution in [2.45, 2.75) is 32.7 Å². The third-order valence-corrected chi connectivity index (χ3v) is 3.62. The van der Waals surface area contributed by atoms with Gasteiger partial charge in [-0.1, -0.05) is 23.7 Å². The maximum Gasteiger partial charge on any atom is 0.241 e. The Balaban J connectivity index is 1.73. The summed E-state index contributed by atoms with van der Waals surface area (Å²) in [5, 5.41) is 10.3. The lowest BCUT2D eigenvalue weighted by Crippen LogP contribution is -2.27. The van der Waals surface area contributed by atoms with E-state index in [1.807, 2.05) is 31.2 Å². The second kappa shape index (κ2) is 9.08. The van der Waals surface area contributed by atoms with Crippen LogP contribution < -0.4 is 10.6 Å². The molecule has 0 bridgehead atoms. The van der Waals surface area contributed by atoms with Gasteiger partial charge in [0, 0.05) is 30.3 Å². The van der Waals surface area contributed by atoms with Gasteiger partial charge in [0.1, 0.15) is 6.54 Å². The van der Waals surface area contributed by atoms with Crippen molar-refractivity contribution in [2.24, 2.45) is 0 Å². The third kappa shape index (κ3) is 6.04. The molecule has 0 aliphatic heterocycles. The zero-order chi connectivity index (χ0) is 17.4. The average molecular weight is 349 g/mol. The molecule has 0 atom stereocenters. The third-order valence-electron chi connectivity index (χ3n) is 3.37. The number of rotatable bonds is 8. The molecule has 0 fully saturated rings. The highest BCUT2D eigenvalue weighted by atomic mass is 35.5. The van der Waals surface area contributed by atoms with Gasteiger partial charge in [0.15, 0.2) is 5.82 Å². The maximum absolute atomic E-state index is 11.9. The first-order chi connectivity index (χ1) is 11.6. The molecule has 128 valence electrons. The number of aromatic nitrogens is 2. The second-order valence-corrected chi connectivity index (χ2v) is 5.82. The SMILES string of the molecule is CCNC(=O)Cn1ccc(NC(=O)CCCc2ccc(Cl)cc2)n1. The largest absolute Gasteiger partial charge is 0.355 e. The smallest absolute Gasteiger partial charge is 0.241 e. The lowest BCUT2D eigenvalue weighted by Gasteiger charge is -2.04. The molecular formula is C17H21ClN4O2. The molecule has 7 heteroatoms. The van der Waals surface area contributed by atoms with Gasteiger partial charge in [-0.25, -0.2) is 0 Å². The van der Waals surface area contributed by atoms with Crippen LogP contribution in [-0.4, -0.2) is 28.1 Å². The Morgan fingerprint density at radius 2 is 1.92 bits per heavy atom. The van der Waals surface area contributed by atoms with Crippen molar-refractivity contribution < 1.29 is 9.59 Å². The van der Waals surface area contributed by atoms with Gasteiger partial charge in [-0.05, 0) is 37.5 Å². The molecule has 2 amide bonds. The van der Waals surface area contributed by atoms with Crippen molar-refractivity contribution >= 4 is 29.2 Å². The van der Waals surface area contributed by atoms with Gasteiger partial charge in [-0.3, -0.25) is 14.3 Å². The predicted molar refractivity (Wildman–Crippen MR) is 93.9 cm³/mol. The molecule has 24 heavy (non-hydrogen) atoms. The van der Waals surface area contributed by atoms with Crippen LogP contribution in [-0.2, 0) is 22.6 Å². The van der Waals surface area contributed by atoms with Crippen molar-refractivity contribution in [3.05, 3.63) is 47.1 Å². The maximum atomic E-state index is 11.9. The zero-order valence-corrected chi connectivity index (χ0v) is 14.3. The molecule has 0 saturated heterocycles. The van der Waals surface area contributed by atoms with Crippen LogP contribution in [0.25, 0.3) is 0 Å². The van der Waals surface area contributed by atoms with Crippen LogP contribution in [0.1, 0.15) is 25.3 Å². The van der Waals surface area contributed by atoms with Crippen LogP contribution in [0.2, 0.25) is 5.02 Å². The molecule has 0 radical (unpaired) electrons. The number of halogens is 1. The van der Waals surface area contributed by atoms with Crippen LogP contribution in [0, 0.1) is 0 Å². The predicted octanol–water partition coefficient (Wildman–Crippen LogP) is 2.63. The van der Waals surface area contributed by atoms with Crippen LogP contribution in [0.5, 0.6) is 0 Å². The van der Waals surface area contributed by atoms with E-state index in [2.05, 4.69) is 15.7 Å². The van der Waals surface area contributed by atoms with E-state index in [-0.39, 0.29) is 18.4 Å². The summed E-state index contributed by atoms with van der Waals surface area (Å²) in [6, 6.07) is 9.29. The van der Waals surface area contributed by atoms with Crippen LogP contribution >= 0.6 is 11.6 Å². The van der Waals surface area contributed by atoms with Crippen molar-refractivity contribution in [3.63, 3.8) is 0 Å². The monoisotopic (exact) mass is 348 g/mol. The minimum absolute atomic E-state index is 0.0905. The number of hydrogen-bond donors (Lipinski definition) is 2. The second-order valence-electron chi connectivity index (χ2n) is 5.38. The Morgan fingerprint density at radius 3 is 2.62 bits per heavy atom. The first-order valence-corrected chi connectivity index (χ1v) is 8.29. The standard InChI is InChI=1S/C17H21ClN4O2/c1-2-19-17(24)12-22-11-10-15(21-22)20-16(23)5-3-4-13-6-8-14(18)9-7-13/h6-11H,2-5,12H2,1H3,(H,19,24)(H,20,21,23). The average Bonchev–Trinajstić information content (AvgIpc) is 2.96. The quantitative estimate of drug-likeness (QED) is 0.770. The summed E-state index contributed by atoms with van der Waals surface area (Å²) in [5.74, 6) is 0.254. The van der Waals surface area contributed by atoms with Crippen LogP contribution in [0.15, 0.2) is 36.5 Å². The summed E-state index contributed by atoms with van der Waals surface area (Å²) < 4.78 is 1.49. The number of hydrogen-bond acceptors (Lipinski definition) is 3. The summed E-state index contributed by atoms with van der Waals surface area (Å²) in [6.45, 7) is 2.58. The fourth-order valence-electron chi connectivity index (χ4n) is 2.23. The summed E-state index contributed by atoms with van der Waals surface area (Å²) in [4.78, 5) is 23.4. The number of carbonyl (C=O) groups excluding carboxylic acids is 2. The molecule has 1 aromatic heterocycles. The van der Waals surface area contributed by atoms with Crippen molar-refractivity contribution in [1.82, 2.24) is 15.1 Å². The van der Waals surface area contributed by atoms with E-state index in [0.717, 1.165) is 18.4 Å². The minimum atomic E-state index is -0.110. The molecular weight excluding hydrogens is 328 g/mol. The summed E-state index contributed by atoms with van der Waals surface area (Å²) in [6.07, 6.45) is 3.63. The highest BCUT2D eigenvalue weighted by molar-refractivity contribution is 6.30. The van der Waals surface area contributed by atoms with Crippen molar-refractivity contribution in [1.29, 1.82) is 0 Å². The molecule has 2 aromatic rings. The van der Waals surface area contributed by atoms with E-state index < -0.39 is 0 Å². The Morgan fingerprint density at radius 1 is 1.17 bits per heavy atom. The molecule has 6 nitrogen and oxygen atoms in total. The normalized spacial score (nSPS) is 10.4. The number of anilines is 1. The number of likely N-dealkylation sites (N-methyl/N-ethyl adjacent to an activating group) is 1. The fourth-order valence-corrected chi connectivity index (χ4v) is 2.35. The van der Waals surface area contributed by atoms with Gasteiger partial charge in [0.05, 0.1) is 0 Å². The molecule has 1 heterocycles. The molecule has 0 aliphatic carbocycles. The van der Waals surface area contributed by atoms with E-state index in [9.17, 15) is 9.59 Å². The minimum Gasteiger partial charge on any atom is -0.355 e. The van der Waals surface area contributed by atoms with E-state index in [1.165, 1.54) is 4.68 Å². The van der Waals surface area contributed by atoms with Gasteiger partial charge in [0.2, 0.25) is 11.8 Å². The highest BCUT2D eigenvalue weighted by Gasteiger charge is 2.07. The van der Waals surface area contributed by atoms with Crippen molar-refractivity contribution in [3.8, 4) is 0 Å². The summed E-state index contributed by atoms with van der Waals surface area (Å²) in [7, 11) is 0. The Hall–Kier alpha value is -2.34. The summed E-state index contributed by atoms with van der Waals surface area (Å²) >= 11 is 5.84. The van der Waals surface area contributed by atoms with E-state index in [1.54, 1.807) is 12.3 Å². The van der Waals surface area contributed by atoms with E-state index in [4.69, 9.17) is 11.6 Å². The van der Waals surface area contributed by atoms with Gasteiger partial charge < -0.3 is 10.6 Å². The number of aryl methyl sites for hydroxylation is 1. The number of amides is 2. The first-order valence-electron chi connectivity index (χ1n) is 7.91. The molecule has 0 aliphatic rings. The van der Waals surface area contributed by atoms with Crippen LogP contribution in [0.3, 0.4) is 0 Å². The van der Waals surface area contributed by atoms with Gasteiger partial charge in [-0.15, -0.1) is 0 Å². The Kier molecular flexibility index (Phi) is 6.81. The molecule has 0 saturated carbocycles. The topological polar surface area (TPSA) is 76.0 Å². The van der Waals surface area contributed by atoms with E-state index in [0.29, 0.717) is 23.8 Å². The zero-order valence-electron chi connectivity index (χ0n) is 13.6. The van der Waals surface area contributed by atoms with Gasteiger partial charge in [-0.2, -0.15) is 5.10 Å². The molecule has 0 spiro atoms. The number of carbonyl (C=O) groups is 2. The lowest BCUT2D eigenvalue weighted by atomic mass is 10.1. The fraction of sp³-hybridized carbons (Fsp3) is 0.353. The van der Waals surface area contributed by atoms with Crippen LogP contribution in [0.4, 0.5) is 5.82 Å². The lowest BCUT2D eigenvalue weighted by molar-refractivity contribution is -0.121.